The molecule has 4 heteroatoms. The molecule has 0 aliphatic carbocycles. The van der Waals surface area contributed by atoms with Crippen molar-refractivity contribution in [2.45, 2.75) is 20.1 Å². The zero-order valence-corrected chi connectivity index (χ0v) is 10.2. The monoisotopic (exact) mass is 235 g/mol. The number of amides is 1. The van der Waals surface area contributed by atoms with Crippen molar-refractivity contribution >= 4 is 5.91 Å². The highest BCUT2D eigenvalue weighted by atomic mass is 16.5. The maximum Gasteiger partial charge on any atom is 0.262 e. The number of hydrogen-bond donors (Lipinski definition) is 0. The van der Waals surface area contributed by atoms with Gasteiger partial charge in [-0.05, 0) is 31.5 Å². The van der Waals surface area contributed by atoms with Gasteiger partial charge in [0.05, 0.1) is 6.61 Å². The van der Waals surface area contributed by atoms with Crippen LogP contribution in [-0.4, -0.2) is 36.8 Å². The van der Waals surface area contributed by atoms with E-state index >= 15 is 0 Å². The molecular weight excluding hydrogens is 218 g/mol. The van der Waals surface area contributed by atoms with Gasteiger partial charge in [0.1, 0.15) is 12.0 Å². The smallest absolute Gasteiger partial charge is 0.262 e. The van der Waals surface area contributed by atoms with E-state index in [1.807, 2.05) is 38.1 Å². The van der Waals surface area contributed by atoms with Crippen LogP contribution in [0.2, 0.25) is 0 Å². The second-order valence-electron chi connectivity index (χ2n) is 4.16. The second-order valence-corrected chi connectivity index (χ2v) is 4.16. The summed E-state index contributed by atoms with van der Waals surface area (Å²) in [5.41, 5.74) is 1.12. The molecule has 1 aliphatic rings. The highest BCUT2D eigenvalue weighted by Gasteiger charge is 2.25. The van der Waals surface area contributed by atoms with Crippen LogP contribution in [0.5, 0.6) is 5.75 Å². The molecule has 1 heterocycles. The van der Waals surface area contributed by atoms with E-state index in [0.717, 1.165) is 11.3 Å². The van der Waals surface area contributed by atoms with Crippen LogP contribution >= 0.6 is 0 Å². The summed E-state index contributed by atoms with van der Waals surface area (Å²) in [4.78, 5) is 13.5. The summed E-state index contributed by atoms with van der Waals surface area (Å²) in [5.74, 6) is 0.697. The molecule has 0 N–H and O–H groups in total. The Hall–Kier alpha value is -1.55. The number of ether oxygens (including phenoxy) is 2. The maximum absolute atomic E-state index is 11.8. The van der Waals surface area contributed by atoms with Gasteiger partial charge in [-0.25, -0.2) is 0 Å². The van der Waals surface area contributed by atoms with Crippen LogP contribution in [0.25, 0.3) is 0 Å². The van der Waals surface area contributed by atoms with Crippen LogP contribution in [0.1, 0.15) is 12.5 Å². The molecule has 17 heavy (non-hydrogen) atoms. The summed E-state index contributed by atoms with van der Waals surface area (Å²) in [6, 6.07) is 7.67. The first kappa shape index (κ1) is 11.9. The Labute approximate surface area is 101 Å². The van der Waals surface area contributed by atoms with Gasteiger partial charge >= 0.3 is 0 Å². The maximum atomic E-state index is 11.8. The van der Waals surface area contributed by atoms with E-state index in [-0.39, 0.29) is 18.7 Å². The molecule has 4 nitrogen and oxygen atoms in total. The Bertz CT molecular complexity index is 405. The summed E-state index contributed by atoms with van der Waals surface area (Å²) >= 11 is 0. The van der Waals surface area contributed by atoms with E-state index in [2.05, 4.69) is 0 Å². The third-order valence-electron chi connectivity index (χ3n) is 2.80. The first-order valence-electron chi connectivity index (χ1n) is 5.77. The van der Waals surface area contributed by atoms with Crippen LogP contribution in [0.4, 0.5) is 0 Å². The number of benzene rings is 1. The van der Waals surface area contributed by atoms with Crippen LogP contribution in [-0.2, 0) is 9.53 Å². The zero-order valence-electron chi connectivity index (χ0n) is 10.2. The lowest BCUT2D eigenvalue weighted by Crippen LogP contribution is -2.37. The lowest BCUT2D eigenvalue weighted by Gasteiger charge is -2.19. The van der Waals surface area contributed by atoms with Crippen molar-refractivity contribution in [2.75, 3.05) is 19.8 Å². The number of carbonyl (C=O) groups excluding carboxylic acids is 1. The van der Waals surface area contributed by atoms with Crippen LogP contribution in [0.3, 0.4) is 0 Å². The Morgan fingerprint density at radius 3 is 3.06 bits per heavy atom. The molecule has 1 aromatic rings. The molecule has 0 saturated carbocycles. The van der Waals surface area contributed by atoms with E-state index in [1.54, 1.807) is 4.90 Å². The Balaban J connectivity index is 1.88. The summed E-state index contributed by atoms with van der Waals surface area (Å²) in [5, 5.41) is 0. The Kier molecular flexibility index (Phi) is 3.64. The zero-order chi connectivity index (χ0) is 12.3. The average molecular weight is 235 g/mol. The van der Waals surface area contributed by atoms with Gasteiger partial charge < -0.3 is 14.4 Å². The number of carbonyl (C=O) groups is 1. The first-order valence-corrected chi connectivity index (χ1v) is 5.77. The standard InChI is InChI=1S/C13H17NO3/c1-10-4-3-5-12(8-10)17-9-13(15)14-6-7-16-11(14)2/h3-5,8,11H,6-7,9H2,1-2H3. The van der Waals surface area contributed by atoms with Crippen molar-refractivity contribution in [2.24, 2.45) is 0 Å². The van der Waals surface area contributed by atoms with E-state index in [1.165, 1.54) is 0 Å². The predicted octanol–water partition coefficient (Wildman–Crippen LogP) is 1.58. The molecule has 0 radical (unpaired) electrons. The quantitative estimate of drug-likeness (QED) is 0.798. The third-order valence-corrected chi connectivity index (χ3v) is 2.80. The number of nitrogens with zero attached hydrogens (tertiary/aromatic N) is 1. The summed E-state index contributed by atoms with van der Waals surface area (Å²) in [6.07, 6.45) is -0.136. The van der Waals surface area contributed by atoms with Gasteiger partial charge in [-0.2, -0.15) is 0 Å². The molecule has 2 rings (SSSR count). The molecule has 0 bridgehead atoms. The first-order chi connectivity index (χ1) is 8.16. The SMILES string of the molecule is Cc1cccc(OCC(=O)N2CCOC2C)c1. The van der Waals surface area contributed by atoms with Crippen molar-refractivity contribution < 1.29 is 14.3 Å². The van der Waals surface area contributed by atoms with E-state index in [4.69, 9.17) is 9.47 Å². The van der Waals surface area contributed by atoms with Crippen molar-refractivity contribution in [3.05, 3.63) is 29.8 Å². The van der Waals surface area contributed by atoms with Crippen LogP contribution < -0.4 is 4.74 Å². The fraction of sp³-hybridized carbons (Fsp3) is 0.462. The highest BCUT2D eigenvalue weighted by Crippen LogP contribution is 2.14. The summed E-state index contributed by atoms with van der Waals surface area (Å²) < 4.78 is 10.8. The van der Waals surface area contributed by atoms with Crippen molar-refractivity contribution in [3.63, 3.8) is 0 Å². The molecule has 1 saturated heterocycles. The lowest BCUT2D eigenvalue weighted by molar-refractivity contribution is -0.137. The van der Waals surface area contributed by atoms with Crippen molar-refractivity contribution in [1.29, 1.82) is 0 Å². The average Bonchev–Trinajstić information content (AvgIpc) is 2.72. The van der Waals surface area contributed by atoms with E-state index in [9.17, 15) is 4.79 Å². The van der Waals surface area contributed by atoms with Crippen molar-refractivity contribution in [1.82, 2.24) is 4.90 Å². The largest absolute Gasteiger partial charge is 0.484 e. The van der Waals surface area contributed by atoms with Gasteiger partial charge in [0.25, 0.3) is 5.91 Å². The minimum atomic E-state index is -0.136. The molecule has 0 spiro atoms. The minimum absolute atomic E-state index is 0.0310. The summed E-state index contributed by atoms with van der Waals surface area (Å²) in [7, 11) is 0. The topological polar surface area (TPSA) is 38.8 Å². The number of rotatable bonds is 3. The van der Waals surface area contributed by atoms with Crippen LogP contribution in [0.15, 0.2) is 24.3 Å². The molecule has 1 unspecified atom stereocenters. The molecule has 1 aromatic carbocycles. The predicted molar refractivity (Wildman–Crippen MR) is 63.8 cm³/mol. The van der Waals surface area contributed by atoms with Gasteiger partial charge in [0.2, 0.25) is 0 Å². The Morgan fingerprint density at radius 1 is 1.59 bits per heavy atom. The lowest BCUT2D eigenvalue weighted by atomic mass is 10.2. The fourth-order valence-corrected chi connectivity index (χ4v) is 1.85. The Morgan fingerprint density at radius 2 is 2.41 bits per heavy atom. The molecule has 1 fully saturated rings. The fourth-order valence-electron chi connectivity index (χ4n) is 1.85. The molecule has 1 amide bonds. The highest BCUT2D eigenvalue weighted by molar-refractivity contribution is 5.78. The summed E-state index contributed by atoms with van der Waals surface area (Å²) in [6.45, 7) is 5.19. The van der Waals surface area contributed by atoms with Crippen molar-refractivity contribution in [3.8, 4) is 5.75 Å². The molecule has 1 atom stereocenters. The molecular formula is C13H17NO3. The van der Waals surface area contributed by atoms with Crippen LogP contribution in [0, 0.1) is 6.92 Å². The molecule has 0 aromatic heterocycles. The second kappa shape index (κ2) is 5.19. The van der Waals surface area contributed by atoms with E-state index in [0.29, 0.717) is 13.2 Å². The minimum Gasteiger partial charge on any atom is -0.484 e. The number of aryl methyl sites for hydroxylation is 1. The van der Waals surface area contributed by atoms with Gasteiger partial charge in [0.15, 0.2) is 6.61 Å². The van der Waals surface area contributed by atoms with Gasteiger partial charge in [0, 0.05) is 6.54 Å². The van der Waals surface area contributed by atoms with E-state index < -0.39 is 0 Å². The number of hydrogen-bond acceptors (Lipinski definition) is 3. The normalized spacial score (nSPS) is 19.4. The van der Waals surface area contributed by atoms with Gasteiger partial charge in [-0.1, -0.05) is 12.1 Å². The van der Waals surface area contributed by atoms with Gasteiger partial charge in [-0.3, -0.25) is 4.79 Å². The molecule has 92 valence electrons. The van der Waals surface area contributed by atoms with Gasteiger partial charge in [-0.15, -0.1) is 0 Å². The third kappa shape index (κ3) is 2.97. The molecule has 1 aliphatic heterocycles.